The number of ether oxygens (including phenoxy) is 1. The van der Waals surface area contributed by atoms with Gasteiger partial charge in [0.15, 0.2) is 0 Å². The van der Waals surface area contributed by atoms with Crippen LogP contribution in [0.3, 0.4) is 0 Å². The molecule has 0 fully saturated rings. The number of carbonyl (C=O) groups is 1. The molecule has 142 valence electrons. The number of nitro benzene ring substituents is 1. The van der Waals surface area contributed by atoms with Gasteiger partial charge in [-0.1, -0.05) is 48.5 Å². The first-order chi connectivity index (χ1) is 13.5. The monoisotopic (exact) mass is 376 g/mol. The summed E-state index contributed by atoms with van der Waals surface area (Å²) in [7, 11) is 0. The Morgan fingerprint density at radius 1 is 1.04 bits per heavy atom. The van der Waals surface area contributed by atoms with E-state index >= 15 is 0 Å². The first-order valence-electron chi connectivity index (χ1n) is 8.86. The maximum Gasteiger partial charge on any atom is 0.269 e. The Kier molecular flexibility index (Phi) is 6.01. The third kappa shape index (κ3) is 4.94. The van der Waals surface area contributed by atoms with Gasteiger partial charge in [0.1, 0.15) is 11.9 Å². The summed E-state index contributed by atoms with van der Waals surface area (Å²) in [4.78, 5) is 22.9. The molecular weight excluding hydrogens is 356 g/mol. The van der Waals surface area contributed by atoms with Crippen molar-refractivity contribution in [1.82, 2.24) is 5.32 Å². The van der Waals surface area contributed by atoms with Gasteiger partial charge in [0.25, 0.3) is 11.6 Å². The van der Waals surface area contributed by atoms with E-state index in [1.54, 1.807) is 43.3 Å². The van der Waals surface area contributed by atoms with Crippen molar-refractivity contribution < 1.29 is 14.5 Å². The Labute approximate surface area is 162 Å². The lowest BCUT2D eigenvalue weighted by Gasteiger charge is -2.15. The maximum absolute atomic E-state index is 12.4. The number of benzene rings is 3. The van der Waals surface area contributed by atoms with Crippen LogP contribution in [0.25, 0.3) is 0 Å². The minimum atomic E-state index is -0.437. The number of nitrogens with one attached hydrogen (secondary N) is 1. The van der Waals surface area contributed by atoms with Gasteiger partial charge in [0.2, 0.25) is 0 Å². The van der Waals surface area contributed by atoms with E-state index < -0.39 is 11.0 Å². The van der Waals surface area contributed by atoms with E-state index in [9.17, 15) is 14.9 Å². The molecule has 0 heterocycles. The SMILES string of the molecule is C[C@@H](Oc1cccc(C(=O)NCc2ccccc2)c1)c1cccc([N+](=O)[O-])c1. The second-order valence-corrected chi connectivity index (χ2v) is 6.31. The van der Waals surface area contributed by atoms with Crippen molar-refractivity contribution in [2.45, 2.75) is 19.6 Å². The van der Waals surface area contributed by atoms with Gasteiger partial charge in [0.05, 0.1) is 4.92 Å². The molecular formula is C22H20N2O4. The Balaban J connectivity index is 1.66. The van der Waals surface area contributed by atoms with Crippen LogP contribution in [0.4, 0.5) is 5.69 Å². The summed E-state index contributed by atoms with van der Waals surface area (Å²) in [6.45, 7) is 2.25. The van der Waals surface area contributed by atoms with E-state index in [2.05, 4.69) is 5.32 Å². The van der Waals surface area contributed by atoms with Crippen molar-refractivity contribution in [2.75, 3.05) is 0 Å². The van der Waals surface area contributed by atoms with Crippen LogP contribution in [0, 0.1) is 10.1 Å². The van der Waals surface area contributed by atoms with Crippen LogP contribution in [-0.4, -0.2) is 10.8 Å². The Hall–Kier alpha value is -3.67. The average Bonchev–Trinajstić information content (AvgIpc) is 2.73. The first-order valence-corrected chi connectivity index (χ1v) is 8.86. The lowest BCUT2D eigenvalue weighted by molar-refractivity contribution is -0.385. The zero-order valence-electron chi connectivity index (χ0n) is 15.4. The highest BCUT2D eigenvalue weighted by atomic mass is 16.6. The van der Waals surface area contributed by atoms with Crippen molar-refractivity contribution in [2.24, 2.45) is 0 Å². The topological polar surface area (TPSA) is 81.5 Å². The Morgan fingerprint density at radius 2 is 1.79 bits per heavy atom. The highest BCUT2D eigenvalue weighted by molar-refractivity contribution is 5.94. The molecule has 1 amide bonds. The Morgan fingerprint density at radius 3 is 2.54 bits per heavy atom. The molecule has 3 aromatic rings. The lowest BCUT2D eigenvalue weighted by Crippen LogP contribution is -2.22. The fourth-order valence-corrected chi connectivity index (χ4v) is 2.75. The number of amides is 1. The van der Waals surface area contributed by atoms with Crippen LogP contribution in [0.5, 0.6) is 5.75 Å². The number of rotatable bonds is 7. The van der Waals surface area contributed by atoms with E-state index in [1.807, 2.05) is 30.3 Å². The van der Waals surface area contributed by atoms with Crippen molar-refractivity contribution >= 4 is 11.6 Å². The van der Waals surface area contributed by atoms with E-state index in [1.165, 1.54) is 12.1 Å². The van der Waals surface area contributed by atoms with Crippen molar-refractivity contribution in [3.8, 4) is 5.75 Å². The third-order valence-electron chi connectivity index (χ3n) is 4.26. The molecule has 0 aliphatic heterocycles. The summed E-state index contributed by atoms with van der Waals surface area (Å²) in [6, 6.07) is 22.9. The molecule has 3 rings (SSSR count). The van der Waals surface area contributed by atoms with E-state index in [-0.39, 0.29) is 11.6 Å². The molecule has 0 radical (unpaired) electrons. The molecule has 0 saturated carbocycles. The lowest BCUT2D eigenvalue weighted by atomic mass is 10.1. The predicted molar refractivity (Wildman–Crippen MR) is 106 cm³/mol. The largest absolute Gasteiger partial charge is 0.486 e. The van der Waals surface area contributed by atoms with E-state index in [0.29, 0.717) is 23.4 Å². The van der Waals surface area contributed by atoms with Gasteiger partial charge in [-0.05, 0) is 36.2 Å². The van der Waals surface area contributed by atoms with Gasteiger partial charge >= 0.3 is 0 Å². The van der Waals surface area contributed by atoms with Gasteiger partial charge in [-0.25, -0.2) is 0 Å². The molecule has 0 aromatic heterocycles. The normalized spacial score (nSPS) is 11.5. The number of non-ortho nitro benzene ring substituents is 1. The summed E-state index contributed by atoms with van der Waals surface area (Å²) in [5, 5.41) is 13.8. The highest BCUT2D eigenvalue weighted by Gasteiger charge is 2.13. The standard InChI is InChI=1S/C22H20N2O4/c1-16(18-9-5-11-20(13-18)24(26)27)28-21-12-6-10-19(14-21)22(25)23-15-17-7-3-2-4-8-17/h2-14,16H,15H2,1H3,(H,23,25)/t16-/m1/s1. The first kappa shape index (κ1) is 19.1. The summed E-state index contributed by atoms with van der Waals surface area (Å²) in [5.41, 5.74) is 2.21. The van der Waals surface area contributed by atoms with Crippen LogP contribution in [0.1, 0.15) is 34.5 Å². The molecule has 1 atom stereocenters. The smallest absolute Gasteiger partial charge is 0.269 e. The zero-order chi connectivity index (χ0) is 19.9. The molecule has 0 saturated heterocycles. The molecule has 0 unspecified atom stereocenters. The molecule has 0 spiro atoms. The number of carbonyl (C=O) groups excluding carboxylic acids is 1. The van der Waals surface area contributed by atoms with Crippen molar-refractivity contribution in [1.29, 1.82) is 0 Å². The maximum atomic E-state index is 12.4. The number of nitrogens with zero attached hydrogens (tertiary/aromatic N) is 1. The fourth-order valence-electron chi connectivity index (χ4n) is 2.75. The predicted octanol–water partition coefficient (Wildman–Crippen LogP) is 4.66. The molecule has 0 aliphatic rings. The second kappa shape index (κ2) is 8.81. The van der Waals surface area contributed by atoms with Gasteiger partial charge in [-0.2, -0.15) is 0 Å². The summed E-state index contributed by atoms with van der Waals surface area (Å²) in [5.74, 6) is 0.323. The average molecular weight is 376 g/mol. The minimum absolute atomic E-state index is 0.0157. The van der Waals surface area contributed by atoms with Crippen LogP contribution < -0.4 is 10.1 Å². The van der Waals surface area contributed by atoms with Crippen LogP contribution >= 0.6 is 0 Å². The number of hydrogen-bond donors (Lipinski definition) is 1. The summed E-state index contributed by atoms with van der Waals surface area (Å²) in [6.07, 6.45) is -0.400. The van der Waals surface area contributed by atoms with E-state index in [0.717, 1.165) is 5.56 Å². The Bertz CT molecular complexity index is 973. The second-order valence-electron chi connectivity index (χ2n) is 6.31. The number of hydrogen-bond acceptors (Lipinski definition) is 4. The van der Waals surface area contributed by atoms with E-state index in [4.69, 9.17) is 4.74 Å². The van der Waals surface area contributed by atoms with Gasteiger partial charge in [0, 0.05) is 24.2 Å². The molecule has 0 aliphatic carbocycles. The van der Waals surface area contributed by atoms with Crippen molar-refractivity contribution in [3.05, 3.63) is 106 Å². The molecule has 1 N–H and O–H groups in total. The van der Waals surface area contributed by atoms with Gasteiger partial charge in [-0.3, -0.25) is 14.9 Å². The molecule has 6 heteroatoms. The third-order valence-corrected chi connectivity index (χ3v) is 4.26. The number of nitro groups is 1. The molecule has 3 aromatic carbocycles. The fraction of sp³-hybridized carbons (Fsp3) is 0.136. The molecule has 0 bridgehead atoms. The van der Waals surface area contributed by atoms with Crippen LogP contribution in [-0.2, 0) is 6.54 Å². The quantitative estimate of drug-likeness (QED) is 0.480. The highest BCUT2D eigenvalue weighted by Crippen LogP contribution is 2.25. The summed E-state index contributed by atoms with van der Waals surface area (Å²) < 4.78 is 5.89. The summed E-state index contributed by atoms with van der Waals surface area (Å²) >= 11 is 0. The van der Waals surface area contributed by atoms with Gasteiger partial charge in [-0.15, -0.1) is 0 Å². The zero-order valence-corrected chi connectivity index (χ0v) is 15.4. The van der Waals surface area contributed by atoms with Crippen LogP contribution in [0.15, 0.2) is 78.9 Å². The van der Waals surface area contributed by atoms with Crippen molar-refractivity contribution in [3.63, 3.8) is 0 Å². The van der Waals surface area contributed by atoms with Crippen LogP contribution in [0.2, 0.25) is 0 Å². The molecule has 28 heavy (non-hydrogen) atoms. The molecule has 6 nitrogen and oxygen atoms in total. The minimum Gasteiger partial charge on any atom is -0.486 e. The van der Waals surface area contributed by atoms with Gasteiger partial charge < -0.3 is 10.1 Å².